The molecule has 0 saturated carbocycles. The lowest BCUT2D eigenvalue weighted by Gasteiger charge is -2.26. The highest BCUT2D eigenvalue weighted by atomic mass is 79.9. The van der Waals surface area contributed by atoms with Gasteiger partial charge >= 0.3 is 0 Å². The first-order valence-corrected chi connectivity index (χ1v) is 7.63. The van der Waals surface area contributed by atoms with Gasteiger partial charge in [0.15, 0.2) is 0 Å². The van der Waals surface area contributed by atoms with Crippen LogP contribution in [-0.4, -0.2) is 18.1 Å². The highest BCUT2D eigenvalue weighted by Gasteiger charge is 2.11. The second kappa shape index (κ2) is 7.70. The molecule has 0 radical (unpaired) electrons. The number of hydrogen-bond acceptors (Lipinski definition) is 2. The maximum atomic E-state index is 4.54. The molecule has 0 aromatic carbocycles. The SMILES string of the molecule is CCC(CC)CN(CC)c1ccc(CBr)cn1. The topological polar surface area (TPSA) is 16.1 Å². The van der Waals surface area contributed by atoms with Crippen molar-refractivity contribution in [3.8, 4) is 0 Å². The molecule has 1 heterocycles. The van der Waals surface area contributed by atoms with Crippen molar-refractivity contribution >= 4 is 21.7 Å². The highest BCUT2D eigenvalue weighted by molar-refractivity contribution is 9.08. The summed E-state index contributed by atoms with van der Waals surface area (Å²) in [5, 5.41) is 0.874. The lowest BCUT2D eigenvalue weighted by atomic mass is 10.0. The maximum Gasteiger partial charge on any atom is 0.128 e. The van der Waals surface area contributed by atoms with Gasteiger partial charge in [0, 0.05) is 24.6 Å². The Morgan fingerprint density at radius 2 is 1.94 bits per heavy atom. The summed E-state index contributed by atoms with van der Waals surface area (Å²) >= 11 is 3.45. The first-order chi connectivity index (χ1) is 8.24. The fraction of sp³-hybridized carbons (Fsp3) is 0.643. The minimum absolute atomic E-state index is 0.771. The van der Waals surface area contributed by atoms with E-state index in [9.17, 15) is 0 Å². The van der Waals surface area contributed by atoms with Crippen molar-refractivity contribution in [3.63, 3.8) is 0 Å². The van der Waals surface area contributed by atoms with E-state index in [4.69, 9.17) is 0 Å². The molecule has 0 bridgehead atoms. The van der Waals surface area contributed by atoms with Crippen LogP contribution in [0.4, 0.5) is 5.82 Å². The molecule has 17 heavy (non-hydrogen) atoms. The average Bonchev–Trinajstić information content (AvgIpc) is 2.40. The number of anilines is 1. The first kappa shape index (κ1) is 14.5. The predicted molar refractivity (Wildman–Crippen MR) is 78.8 cm³/mol. The van der Waals surface area contributed by atoms with Crippen LogP contribution in [0.25, 0.3) is 0 Å². The van der Waals surface area contributed by atoms with Crippen LogP contribution in [0.1, 0.15) is 39.2 Å². The first-order valence-electron chi connectivity index (χ1n) is 6.50. The fourth-order valence-electron chi connectivity index (χ4n) is 1.93. The molecule has 0 unspecified atom stereocenters. The van der Waals surface area contributed by atoms with Crippen molar-refractivity contribution in [1.29, 1.82) is 0 Å². The van der Waals surface area contributed by atoms with Crippen LogP contribution in [0.3, 0.4) is 0 Å². The third-order valence-electron chi connectivity index (χ3n) is 3.30. The van der Waals surface area contributed by atoms with Crippen LogP contribution >= 0.6 is 15.9 Å². The molecule has 0 saturated heterocycles. The van der Waals surface area contributed by atoms with Gasteiger partial charge in [-0.2, -0.15) is 0 Å². The van der Waals surface area contributed by atoms with E-state index in [1.807, 2.05) is 6.20 Å². The summed E-state index contributed by atoms with van der Waals surface area (Å²) in [6.45, 7) is 8.87. The summed E-state index contributed by atoms with van der Waals surface area (Å²) in [5.74, 6) is 1.87. The zero-order valence-corrected chi connectivity index (χ0v) is 12.7. The molecule has 96 valence electrons. The smallest absolute Gasteiger partial charge is 0.128 e. The maximum absolute atomic E-state index is 4.54. The Balaban J connectivity index is 2.71. The number of halogens is 1. The molecule has 0 N–H and O–H groups in total. The quantitative estimate of drug-likeness (QED) is 0.700. The van der Waals surface area contributed by atoms with Gasteiger partial charge in [-0.3, -0.25) is 0 Å². The average molecular weight is 299 g/mol. The van der Waals surface area contributed by atoms with E-state index >= 15 is 0 Å². The molecule has 3 heteroatoms. The number of alkyl halides is 1. The highest BCUT2D eigenvalue weighted by Crippen LogP contribution is 2.17. The van der Waals surface area contributed by atoms with Crippen LogP contribution < -0.4 is 4.90 Å². The summed E-state index contributed by atoms with van der Waals surface area (Å²) in [4.78, 5) is 6.91. The summed E-state index contributed by atoms with van der Waals surface area (Å²) in [6.07, 6.45) is 4.44. The van der Waals surface area contributed by atoms with Gasteiger partial charge in [-0.1, -0.05) is 48.7 Å². The minimum atomic E-state index is 0.771. The van der Waals surface area contributed by atoms with Gasteiger partial charge < -0.3 is 4.90 Å². The number of pyridine rings is 1. The number of nitrogens with zero attached hydrogens (tertiary/aromatic N) is 2. The third-order valence-corrected chi connectivity index (χ3v) is 3.95. The monoisotopic (exact) mass is 298 g/mol. The van der Waals surface area contributed by atoms with Crippen molar-refractivity contribution in [2.75, 3.05) is 18.0 Å². The van der Waals surface area contributed by atoms with Crippen LogP contribution in [0.2, 0.25) is 0 Å². The van der Waals surface area contributed by atoms with Gasteiger partial charge in [0.2, 0.25) is 0 Å². The van der Waals surface area contributed by atoms with E-state index in [0.29, 0.717) is 0 Å². The molecule has 1 aromatic rings. The van der Waals surface area contributed by atoms with E-state index in [-0.39, 0.29) is 0 Å². The fourth-order valence-corrected chi connectivity index (χ4v) is 2.26. The number of rotatable bonds is 7. The lowest BCUT2D eigenvalue weighted by molar-refractivity contribution is 0.484. The van der Waals surface area contributed by atoms with Gasteiger partial charge in [0.25, 0.3) is 0 Å². The molecule has 0 aliphatic rings. The Hall–Kier alpha value is -0.570. The molecule has 2 nitrogen and oxygen atoms in total. The van der Waals surface area contributed by atoms with Crippen LogP contribution in [0.15, 0.2) is 18.3 Å². The molecule has 1 aromatic heterocycles. The van der Waals surface area contributed by atoms with E-state index < -0.39 is 0 Å². The van der Waals surface area contributed by atoms with Gasteiger partial charge in [-0.05, 0) is 24.5 Å². The molecule has 0 aliphatic carbocycles. The van der Waals surface area contributed by atoms with E-state index in [0.717, 1.165) is 30.2 Å². The van der Waals surface area contributed by atoms with Gasteiger partial charge in [-0.15, -0.1) is 0 Å². The predicted octanol–water partition coefficient (Wildman–Crippen LogP) is 4.24. The Labute approximate surface area is 114 Å². The van der Waals surface area contributed by atoms with E-state index in [1.165, 1.54) is 18.4 Å². The van der Waals surface area contributed by atoms with Gasteiger partial charge in [0.05, 0.1) is 0 Å². The van der Waals surface area contributed by atoms with Crippen molar-refractivity contribution in [2.24, 2.45) is 5.92 Å². The summed E-state index contributed by atoms with van der Waals surface area (Å²) < 4.78 is 0. The lowest BCUT2D eigenvalue weighted by Crippen LogP contribution is -2.29. The zero-order chi connectivity index (χ0) is 12.7. The molecular weight excluding hydrogens is 276 g/mol. The van der Waals surface area contributed by atoms with Crippen LogP contribution in [-0.2, 0) is 5.33 Å². The molecule has 0 spiro atoms. The Morgan fingerprint density at radius 1 is 1.24 bits per heavy atom. The largest absolute Gasteiger partial charge is 0.357 e. The Kier molecular flexibility index (Phi) is 6.56. The normalized spacial score (nSPS) is 10.9. The third kappa shape index (κ3) is 4.30. The summed E-state index contributed by atoms with van der Waals surface area (Å²) in [7, 11) is 0. The van der Waals surface area contributed by atoms with Crippen LogP contribution in [0, 0.1) is 5.92 Å². The molecule has 0 fully saturated rings. The zero-order valence-electron chi connectivity index (χ0n) is 11.1. The van der Waals surface area contributed by atoms with Gasteiger partial charge in [0.1, 0.15) is 5.82 Å². The molecule has 0 amide bonds. The molecule has 1 rings (SSSR count). The van der Waals surface area contributed by atoms with Crippen LogP contribution in [0.5, 0.6) is 0 Å². The number of aromatic nitrogens is 1. The van der Waals surface area contributed by atoms with Gasteiger partial charge in [-0.25, -0.2) is 4.98 Å². The number of hydrogen-bond donors (Lipinski definition) is 0. The van der Waals surface area contributed by atoms with Crippen molar-refractivity contribution in [1.82, 2.24) is 4.98 Å². The Bertz CT molecular complexity index is 307. The molecule has 0 atom stereocenters. The van der Waals surface area contributed by atoms with E-state index in [2.05, 4.69) is 58.7 Å². The second-order valence-electron chi connectivity index (χ2n) is 4.38. The minimum Gasteiger partial charge on any atom is -0.357 e. The molecule has 0 aliphatic heterocycles. The molecular formula is C14H23BrN2. The standard InChI is InChI=1S/C14H23BrN2/c1-4-12(5-2)11-17(6-3)14-8-7-13(9-15)10-16-14/h7-8,10,12H,4-6,9,11H2,1-3H3. The van der Waals surface area contributed by atoms with Crippen molar-refractivity contribution < 1.29 is 0 Å². The Morgan fingerprint density at radius 3 is 2.35 bits per heavy atom. The second-order valence-corrected chi connectivity index (χ2v) is 4.94. The summed E-state index contributed by atoms with van der Waals surface area (Å²) in [5.41, 5.74) is 1.23. The van der Waals surface area contributed by atoms with Crippen molar-refractivity contribution in [2.45, 2.75) is 38.9 Å². The van der Waals surface area contributed by atoms with E-state index in [1.54, 1.807) is 0 Å². The van der Waals surface area contributed by atoms with Crippen molar-refractivity contribution in [3.05, 3.63) is 23.9 Å². The summed E-state index contributed by atoms with van der Waals surface area (Å²) in [6, 6.07) is 4.27.